The van der Waals surface area contributed by atoms with Crippen LogP contribution in [0.3, 0.4) is 0 Å². The minimum absolute atomic E-state index is 0.0337. The second kappa shape index (κ2) is 5.14. The van der Waals surface area contributed by atoms with E-state index in [1.54, 1.807) is 0 Å². The smallest absolute Gasteiger partial charge is 0.140 e. The first kappa shape index (κ1) is 12.0. The predicted molar refractivity (Wildman–Crippen MR) is 52.4 cm³/mol. The number of carbonyl (C=O) groups excluding carboxylic acids is 3. The molecule has 5 nitrogen and oxygen atoms in total. The van der Waals surface area contributed by atoms with Gasteiger partial charge in [-0.05, 0) is 6.92 Å². The van der Waals surface area contributed by atoms with Crippen LogP contribution in [0.4, 0.5) is 0 Å². The zero-order chi connectivity index (χ0) is 11.3. The number of aldehydes is 3. The third kappa shape index (κ3) is 2.94. The van der Waals surface area contributed by atoms with Crippen molar-refractivity contribution in [3.05, 3.63) is 0 Å². The highest BCUT2D eigenvalue weighted by atomic mass is 16.5. The van der Waals surface area contributed by atoms with Crippen LogP contribution in [-0.4, -0.2) is 44.2 Å². The molecule has 84 valence electrons. The number of hydrogen-bond donors (Lipinski definition) is 1. The zero-order valence-corrected chi connectivity index (χ0v) is 8.64. The average Bonchev–Trinajstić information content (AvgIpc) is 2.26. The Hall–Kier alpha value is -1.07. The molecular formula is C10H15NO4. The Labute approximate surface area is 88.2 Å². The van der Waals surface area contributed by atoms with E-state index < -0.39 is 5.41 Å². The molecule has 1 rings (SSSR count). The van der Waals surface area contributed by atoms with Gasteiger partial charge in [0.25, 0.3) is 0 Å². The van der Waals surface area contributed by atoms with Crippen molar-refractivity contribution in [2.45, 2.75) is 25.6 Å². The van der Waals surface area contributed by atoms with Gasteiger partial charge in [-0.25, -0.2) is 0 Å². The standard InChI is InChI=1S/C10H15NO4/c1-8-3-11-4-9(15-8)2-10(5-12,6-13)7-14/h5-9,11H,2-4H2,1H3/t8-,9+/m1/s1. The molecule has 1 N–H and O–H groups in total. The lowest BCUT2D eigenvalue weighted by Crippen LogP contribution is -2.46. The van der Waals surface area contributed by atoms with Crippen molar-refractivity contribution >= 4 is 18.9 Å². The normalized spacial score (nSPS) is 27.0. The van der Waals surface area contributed by atoms with Gasteiger partial charge in [0.05, 0.1) is 12.2 Å². The second-order valence-corrected chi connectivity index (χ2v) is 3.90. The molecule has 5 heteroatoms. The maximum atomic E-state index is 10.7. The fourth-order valence-electron chi connectivity index (χ4n) is 1.61. The van der Waals surface area contributed by atoms with Crippen LogP contribution in [0.25, 0.3) is 0 Å². The van der Waals surface area contributed by atoms with Crippen molar-refractivity contribution in [3.63, 3.8) is 0 Å². The Morgan fingerprint density at radius 3 is 2.33 bits per heavy atom. The number of nitrogens with one attached hydrogen (secondary N) is 1. The summed E-state index contributed by atoms with van der Waals surface area (Å²) in [5.41, 5.74) is -1.54. The molecule has 0 amide bonds. The van der Waals surface area contributed by atoms with Crippen LogP contribution in [0, 0.1) is 5.41 Å². The van der Waals surface area contributed by atoms with Gasteiger partial charge in [-0.1, -0.05) is 0 Å². The molecule has 0 spiro atoms. The number of hydrogen-bond acceptors (Lipinski definition) is 5. The van der Waals surface area contributed by atoms with Gasteiger partial charge < -0.3 is 24.4 Å². The molecule has 0 aromatic rings. The fraction of sp³-hybridized carbons (Fsp3) is 0.700. The number of rotatable bonds is 5. The third-order valence-corrected chi connectivity index (χ3v) is 2.47. The van der Waals surface area contributed by atoms with Gasteiger partial charge in [0.1, 0.15) is 24.3 Å². The third-order valence-electron chi connectivity index (χ3n) is 2.47. The van der Waals surface area contributed by atoms with Crippen LogP contribution in [0.5, 0.6) is 0 Å². The van der Waals surface area contributed by atoms with Crippen LogP contribution >= 0.6 is 0 Å². The van der Waals surface area contributed by atoms with Crippen molar-refractivity contribution in [1.82, 2.24) is 5.32 Å². The summed E-state index contributed by atoms with van der Waals surface area (Å²) in [4.78, 5) is 32.1. The number of morpholine rings is 1. The molecule has 0 aromatic heterocycles. The predicted octanol–water partition coefficient (Wildman–Crippen LogP) is -0.663. The quantitative estimate of drug-likeness (QED) is 0.484. The van der Waals surface area contributed by atoms with Gasteiger partial charge in [-0.2, -0.15) is 0 Å². The van der Waals surface area contributed by atoms with Crippen molar-refractivity contribution in [2.75, 3.05) is 13.1 Å². The highest BCUT2D eigenvalue weighted by Crippen LogP contribution is 2.19. The molecule has 1 aliphatic heterocycles. The second-order valence-electron chi connectivity index (χ2n) is 3.90. The lowest BCUT2D eigenvalue weighted by molar-refractivity contribution is -0.137. The Bertz CT molecular complexity index is 232. The summed E-state index contributed by atoms with van der Waals surface area (Å²) in [6, 6.07) is 0. The molecular weight excluding hydrogens is 198 g/mol. The minimum atomic E-state index is -1.54. The molecule has 0 bridgehead atoms. The van der Waals surface area contributed by atoms with E-state index in [1.165, 1.54) is 0 Å². The molecule has 0 saturated carbocycles. The number of ether oxygens (including phenoxy) is 1. The highest BCUT2D eigenvalue weighted by Gasteiger charge is 2.34. The molecule has 0 aliphatic carbocycles. The van der Waals surface area contributed by atoms with Gasteiger partial charge in [0.2, 0.25) is 0 Å². The summed E-state index contributed by atoms with van der Waals surface area (Å²) >= 11 is 0. The van der Waals surface area contributed by atoms with E-state index in [9.17, 15) is 14.4 Å². The van der Waals surface area contributed by atoms with Crippen molar-refractivity contribution in [2.24, 2.45) is 5.41 Å². The maximum absolute atomic E-state index is 10.7. The van der Waals surface area contributed by atoms with Crippen molar-refractivity contribution in [1.29, 1.82) is 0 Å². The first-order valence-electron chi connectivity index (χ1n) is 4.91. The highest BCUT2D eigenvalue weighted by molar-refractivity contribution is 6.01. The van der Waals surface area contributed by atoms with E-state index in [1.807, 2.05) is 6.92 Å². The van der Waals surface area contributed by atoms with Crippen LogP contribution in [0.1, 0.15) is 13.3 Å². The molecule has 1 aliphatic rings. The summed E-state index contributed by atoms with van der Waals surface area (Å²) < 4.78 is 5.51. The Balaban J connectivity index is 2.61. The molecule has 1 heterocycles. The molecule has 15 heavy (non-hydrogen) atoms. The summed E-state index contributed by atoms with van der Waals surface area (Å²) in [6.45, 7) is 3.19. The molecule has 0 aromatic carbocycles. The summed E-state index contributed by atoms with van der Waals surface area (Å²) in [7, 11) is 0. The topological polar surface area (TPSA) is 72.5 Å². The molecule has 0 radical (unpaired) electrons. The van der Waals surface area contributed by atoms with Crippen LogP contribution < -0.4 is 5.32 Å². The van der Waals surface area contributed by atoms with E-state index in [4.69, 9.17) is 4.74 Å². The molecule has 1 fully saturated rings. The molecule has 0 unspecified atom stereocenters. The summed E-state index contributed by atoms with van der Waals surface area (Å²) in [6.07, 6.45) is 1.03. The lowest BCUT2D eigenvalue weighted by atomic mass is 9.86. The number of carbonyl (C=O) groups is 3. The van der Waals surface area contributed by atoms with Crippen LogP contribution in [0.2, 0.25) is 0 Å². The molecule has 1 saturated heterocycles. The molecule has 2 atom stereocenters. The van der Waals surface area contributed by atoms with Crippen molar-refractivity contribution in [3.8, 4) is 0 Å². The SMILES string of the molecule is C[C@@H]1CNC[C@H](CC(C=O)(C=O)C=O)O1. The Kier molecular flexibility index (Phi) is 4.11. The maximum Gasteiger partial charge on any atom is 0.140 e. The van der Waals surface area contributed by atoms with Crippen LogP contribution in [-0.2, 0) is 19.1 Å². The van der Waals surface area contributed by atoms with Gasteiger partial charge in [-0.3, -0.25) is 0 Å². The van der Waals surface area contributed by atoms with E-state index in [0.29, 0.717) is 25.4 Å². The Morgan fingerprint density at radius 2 is 1.87 bits per heavy atom. The van der Waals surface area contributed by atoms with Gasteiger partial charge in [0.15, 0.2) is 0 Å². The largest absolute Gasteiger partial charge is 0.373 e. The van der Waals surface area contributed by atoms with Crippen molar-refractivity contribution < 1.29 is 19.1 Å². The summed E-state index contributed by atoms with van der Waals surface area (Å²) in [5, 5.41) is 3.11. The monoisotopic (exact) mass is 213 g/mol. The lowest BCUT2D eigenvalue weighted by Gasteiger charge is -2.31. The van der Waals surface area contributed by atoms with E-state index in [0.717, 1.165) is 6.54 Å². The van der Waals surface area contributed by atoms with E-state index in [-0.39, 0.29) is 18.6 Å². The first-order valence-corrected chi connectivity index (χ1v) is 4.91. The Morgan fingerprint density at radius 1 is 1.27 bits per heavy atom. The minimum Gasteiger partial charge on any atom is -0.373 e. The summed E-state index contributed by atoms with van der Waals surface area (Å²) in [5.74, 6) is 0. The first-order chi connectivity index (χ1) is 7.15. The van der Waals surface area contributed by atoms with Gasteiger partial charge >= 0.3 is 0 Å². The zero-order valence-electron chi connectivity index (χ0n) is 8.64. The van der Waals surface area contributed by atoms with Crippen LogP contribution in [0.15, 0.2) is 0 Å². The fourth-order valence-corrected chi connectivity index (χ4v) is 1.61. The van der Waals surface area contributed by atoms with Gasteiger partial charge in [-0.15, -0.1) is 0 Å². The average molecular weight is 213 g/mol. The van der Waals surface area contributed by atoms with E-state index in [2.05, 4.69) is 5.32 Å². The van der Waals surface area contributed by atoms with E-state index >= 15 is 0 Å². The van der Waals surface area contributed by atoms with Gasteiger partial charge in [0, 0.05) is 19.5 Å².